The molecular weight excluding hydrogens is 299 g/mol. The third-order valence-corrected chi connectivity index (χ3v) is 3.56. The van der Waals surface area contributed by atoms with Crippen molar-refractivity contribution in [3.63, 3.8) is 0 Å². The molecule has 0 aliphatic heterocycles. The molecule has 0 amide bonds. The largest absolute Gasteiger partial charge is 0.259 e. The van der Waals surface area contributed by atoms with Crippen molar-refractivity contribution in [2.24, 2.45) is 0 Å². The first-order chi connectivity index (χ1) is 7.33. The summed E-state index contributed by atoms with van der Waals surface area (Å²) in [6.45, 7) is 2.20. The van der Waals surface area contributed by atoms with E-state index in [2.05, 4.69) is 45.5 Å². The van der Waals surface area contributed by atoms with Gasteiger partial charge in [0.2, 0.25) is 0 Å². The quantitative estimate of drug-likeness (QED) is 0.810. The number of rotatable bonds is 3. The summed E-state index contributed by atoms with van der Waals surface area (Å²) in [4.78, 5) is 8.90. The van der Waals surface area contributed by atoms with Gasteiger partial charge < -0.3 is 0 Å². The Hall–Kier alpha value is -0.710. The molecule has 0 spiro atoms. The van der Waals surface area contributed by atoms with Gasteiger partial charge in [0.25, 0.3) is 0 Å². The lowest BCUT2D eigenvalue weighted by Crippen LogP contribution is -1.96. The average molecular weight is 312 g/mol. The fraction of sp³-hybridized carbons (Fsp3) is 0.333. The van der Waals surface area contributed by atoms with E-state index in [9.17, 15) is 0 Å². The van der Waals surface area contributed by atoms with Gasteiger partial charge in [0.1, 0.15) is 0 Å². The van der Waals surface area contributed by atoms with Crippen LogP contribution in [0.5, 0.6) is 0 Å². The van der Waals surface area contributed by atoms with Crippen LogP contribution in [0.2, 0.25) is 0 Å². The van der Waals surface area contributed by atoms with Crippen molar-refractivity contribution in [2.45, 2.75) is 26.2 Å². The van der Waals surface area contributed by atoms with Crippen LogP contribution in [0.25, 0.3) is 10.9 Å². The highest BCUT2D eigenvalue weighted by molar-refractivity contribution is 14.1. The van der Waals surface area contributed by atoms with Gasteiger partial charge >= 0.3 is 0 Å². The Kier molecular flexibility index (Phi) is 3.51. The molecule has 2 nitrogen and oxygen atoms in total. The van der Waals surface area contributed by atoms with Gasteiger partial charge in [-0.05, 0) is 47.6 Å². The molecule has 0 aromatic carbocycles. The molecule has 0 unspecified atom stereocenters. The molecule has 2 heterocycles. The van der Waals surface area contributed by atoms with E-state index in [1.54, 1.807) is 0 Å². The predicted molar refractivity (Wildman–Crippen MR) is 70.9 cm³/mol. The number of nitrogens with zero attached hydrogens (tertiary/aromatic N) is 2. The molecule has 0 radical (unpaired) electrons. The highest BCUT2D eigenvalue weighted by Crippen LogP contribution is 2.21. The van der Waals surface area contributed by atoms with Crippen LogP contribution >= 0.6 is 22.6 Å². The van der Waals surface area contributed by atoms with E-state index in [-0.39, 0.29) is 0 Å². The first-order valence-corrected chi connectivity index (χ1v) is 6.29. The van der Waals surface area contributed by atoms with Crippen LogP contribution in [0.1, 0.15) is 25.5 Å². The van der Waals surface area contributed by atoms with Crippen molar-refractivity contribution in [3.8, 4) is 0 Å². The Morgan fingerprint density at radius 3 is 3.00 bits per heavy atom. The molecule has 0 aliphatic carbocycles. The smallest absolute Gasteiger partial charge is 0.0869 e. The molecule has 0 saturated heterocycles. The summed E-state index contributed by atoms with van der Waals surface area (Å²) in [5, 5.41) is 1.13. The van der Waals surface area contributed by atoms with E-state index in [1.807, 2.05) is 18.5 Å². The summed E-state index contributed by atoms with van der Waals surface area (Å²) in [7, 11) is 0. The number of hydrogen-bond acceptors (Lipinski definition) is 2. The zero-order valence-electron chi connectivity index (χ0n) is 8.70. The van der Waals surface area contributed by atoms with Crippen LogP contribution in [0.4, 0.5) is 0 Å². The molecule has 0 aliphatic rings. The Labute approximate surface area is 103 Å². The number of hydrogen-bond donors (Lipinski definition) is 0. The first-order valence-electron chi connectivity index (χ1n) is 5.21. The molecule has 2 aromatic rings. The van der Waals surface area contributed by atoms with Crippen LogP contribution in [0.15, 0.2) is 24.5 Å². The molecular formula is C12H13IN2. The second kappa shape index (κ2) is 4.88. The van der Waals surface area contributed by atoms with Crippen molar-refractivity contribution in [2.75, 3.05) is 0 Å². The maximum absolute atomic E-state index is 4.50. The molecule has 0 fully saturated rings. The van der Waals surface area contributed by atoms with Crippen molar-refractivity contribution < 1.29 is 0 Å². The Morgan fingerprint density at radius 1 is 1.33 bits per heavy atom. The summed E-state index contributed by atoms with van der Waals surface area (Å²) < 4.78 is 1.21. The SMILES string of the molecule is CCCCc1ncc2cccnc2c1I. The highest BCUT2D eigenvalue weighted by Gasteiger charge is 2.06. The predicted octanol–water partition coefficient (Wildman–Crippen LogP) is 3.58. The van der Waals surface area contributed by atoms with Crippen LogP contribution in [0, 0.1) is 3.57 Å². The topological polar surface area (TPSA) is 25.8 Å². The minimum Gasteiger partial charge on any atom is -0.259 e. The Bertz CT molecular complexity index is 468. The van der Waals surface area contributed by atoms with Gasteiger partial charge in [0.05, 0.1) is 14.8 Å². The second-order valence-corrected chi connectivity index (χ2v) is 4.64. The lowest BCUT2D eigenvalue weighted by Gasteiger charge is -2.05. The van der Waals surface area contributed by atoms with E-state index in [4.69, 9.17) is 0 Å². The van der Waals surface area contributed by atoms with Gasteiger partial charge in [0, 0.05) is 17.8 Å². The lowest BCUT2D eigenvalue weighted by molar-refractivity contribution is 0.774. The van der Waals surface area contributed by atoms with E-state index in [0.717, 1.165) is 17.3 Å². The van der Waals surface area contributed by atoms with Crippen molar-refractivity contribution in [1.82, 2.24) is 9.97 Å². The lowest BCUT2D eigenvalue weighted by atomic mass is 10.1. The molecule has 2 aromatic heterocycles. The van der Waals surface area contributed by atoms with Gasteiger partial charge in [-0.2, -0.15) is 0 Å². The second-order valence-electron chi connectivity index (χ2n) is 3.56. The number of pyridine rings is 2. The van der Waals surface area contributed by atoms with E-state index in [1.165, 1.54) is 22.1 Å². The molecule has 0 N–H and O–H groups in total. The monoisotopic (exact) mass is 312 g/mol. The highest BCUT2D eigenvalue weighted by atomic mass is 127. The number of fused-ring (bicyclic) bond motifs is 1. The van der Waals surface area contributed by atoms with Gasteiger partial charge in [-0.1, -0.05) is 13.3 Å². The summed E-state index contributed by atoms with van der Waals surface area (Å²) in [6, 6.07) is 4.01. The van der Waals surface area contributed by atoms with Gasteiger partial charge in [0.15, 0.2) is 0 Å². The van der Waals surface area contributed by atoms with Crippen LogP contribution < -0.4 is 0 Å². The summed E-state index contributed by atoms with van der Waals surface area (Å²) in [6.07, 6.45) is 7.23. The van der Waals surface area contributed by atoms with E-state index >= 15 is 0 Å². The molecule has 15 heavy (non-hydrogen) atoms. The summed E-state index contributed by atoms with van der Waals surface area (Å²) >= 11 is 2.35. The summed E-state index contributed by atoms with van der Waals surface area (Å²) in [5.41, 5.74) is 2.27. The number of aryl methyl sites for hydroxylation is 1. The van der Waals surface area contributed by atoms with Gasteiger partial charge in [-0.3, -0.25) is 9.97 Å². The average Bonchev–Trinajstić information content (AvgIpc) is 2.29. The maximum Gasteiger partial charge on any atom is 0.0869 e. The van der Waals surface area contributed by atoms with Crippen molar-refractivity contribution in [3.05, 3.63) is 33.8 Å². The minimum absolute atomic E-state index is 1.06. The molecule has 0 atom stereocenters. The number of halogens is 1. The van der Waals surface area contributed by atoms with Gasteiger partial charge in [-0.25, -0.2) is 0 Å². The number of unbranched alkanes of at least 4 members (excludes halogenated alkanes) is 1. The van der Waals surface area contributed by atoms with E-state index in [0.29, 0.717) is 0 Å². The first kappa shape index (κ1) is 10.8. The Morgan fingerprint density at radius 2 is 2.20 bits per heavy atom. The standard InChI is InChI=1S/C12H13IN2/c1-2-3-6-10-11(13)12-9(8-15-10)5-4-7-14-12/h4-5,7-8H,2-3,6H2,1H3. The molecule has 78 valence electrons. The zero-order chi connectivity index (χ0) is 10.7. The zero-order valence-corrected chi connectivity index (χ0v) is 10.9. The van der Waals surface area contributed by atoms with Crippen molar-refractivity contribution >= 4 is 33.5 Å². The fourth-order valence-electron chi connectivity index (χ4n) is 1.56. The third kappa shape index (κ3) is 2.27. The van der Waals surface area contributed by atoms with Crippen molar-refractivity contribution in [1.29, 1.82) is 0 Å². The molecule has 0 bridgehead atoms. The van der Waals surface area contributed by atoms with E-state index < -0.39 is 0 Å². The fourth-order valence-corrected chi connectivity index (χ4v) is 2.42. The normalized spacial score (nSPS) is 10.8. The Balaban J connectivity index is 2.45. The minimum atomic E-state index is 1.06. The molecule has 3 heteroatoms. The molecule has 2 rings (SSSR count). The van der Waals surface area contributed by atoms with Crippen LogP contribution in [0.3, 0.4) is 0 Å². The molecule has 0 saturated carbocycles. The maximum atomic E-state index is 4.50. The van der Waals surface area contributed by atoms with Crippen LogP contribution in [-0.4, -0.2) is 9.97 Å². The van der Waals surface area contributed by atoms with Crippen LogP contribution in [-0.2, 0) is 6.42 Å². The number of aromatic nitrogens is 2. The third-order valence-electron chi connectivity index (χ3n) is 2.43. The summed E-state index contributed by atoms with van der Waals surface area (Å²) in [5.74, 6) is 0. The van der Waals surface area contributed by atoms with Gasteiger partial charge in [-0.15, -0.1) is 0 Å².